The van der Waals surface area contributed by atoms with E-state index >= 15 is 0 Å². The van der Waals surface area contributed by atoms with Gasteiger partial charge in [0.25, 0.3) is 0 Å². The molecule has 2 amide bonds. The molecule has 30 heavy (non-hydrogen) atoms. The molecule has 0 bridgehead atoms. The molecule has 7 heteroatoms. The van der Waals surface area contributed by atoms with Gasteiger partial charge in [-0.1, -0.05) is 54.6 Å². The largest absolute Gasteiger partial charge is 0.480 e. The van der Waals surface area contributed by atoms with Crippen LogP contribution in [0.15, 0.2) is 61.2 Å². The van der Waals surface area contributed by atoms with Crippen molar-refractivity contribution in [3.63, 3.8) is 0 Å². The lowest BCUT2D eigenvalue weighted by molar-refractivity contribution is -0.141. The Morgan fingerprint density at radius 2 is 1.67 bits per heavy atom. The van der Waals surface area contributed by atoms with Crippen molar-refractivity contribution in [3.05, 3.63) is 72.3 Å². The number of hydrogen-bond donors (Lipinski definition) is 3. The summed E-state index contributed by atoms with van der Waals surface area (Å²) in [5.74, 6) is -1.81. The average molecular weight is 408 g/mol. The number of alkyl carbamates (subject to hydrolysis) is 1. The van der Waals surface area contributed by atoms with Gasteiger partial charge in [-0.15, -0.1) is 6.58 Å². The highest BCUT2D eigenvalue weighted by Gasteiger charge is 2.29. The summed E-state index contributed by atoms with van der Waals surface area (Å²) in [6.45, 7) is 3.30. The first kappa shape index (κ1) is 21.1. The Balaban J connectivity index is 1.52. The lowest BCUT2D eigenvalue weighted by atomic mass is 9.98. The van der Waals surface area contributed by atoms with Gasteiger partial charge >= 0.3 is 12.1 Å². The molecule has 3 N–H and O–H groups in total. The molecule has 0 spiro atoms. The number of carboxylic acid groups (broad SMARTS) is 1. The second-order valence-corrected chi connectivity index (χ2v) is 7.00. The third-order valence-corrected chi connectivity index (χ3v) is 5.03. The first-order valence-electron chi connectivity index (χ1n) is 9.73. The number of nitrogens with one attached hydrogen (secondary N) is 2. The van der Waals surface area contributed by atoms with Gasteiger partial charge in [0, 0.05) is 5.92 Å². The van der Waals surface area contributed by atoms with Crippen LogP contribution in [0.5, 0.6) is 0 Å². The van der Waals surface area contributed by atoms with Crippen molar-refractivity contribution in [1.82, 2.24) is 10.6 Å². The van der Waals surface area contributed by atoms with Gasteiger partial charge in [-0.3, -0.25) is 4.79 Å². The molecular weight excluding hydrogens is 384 g/mol. The Hall–Kier alpha value is -3.61. The van der Waals surface area contributed by atoms with E-state index in [9.17, 15) is 14.4 Å². The molecule has 0 aliphatic heterocycles. The molecule has 2 aromatic carbocycles. The number of aliphatic carboxylic acids is 1. The Labute approximate surface area is 174 Å². The van der Waals surface area contributed by atoms with Gasteiger partial charge in [0.2, 0.25) is 5.91 Å². The third kappa shape index (κ3) is 4.86. The number of benzene rings is 2. The van der Waals surface area contributed by atoms with Gasteiger partial charge < -0.3 is 20.5 Å². The predicted octanol–water partition coefficient (Wildman–Crippen LogP) is 3.06. The molecule has 1 aliphatic rings. The fraction of sp³-hybridized carbons (Fsp3) is 0.261. The second-order valence-electron chi connectivity index (χ2n) is 7.00. The van der Waals surface area contributed by atoms with Crippen molar-refractivity contribution >= 4 is 18.0 Å². The zero-order valence-corrected chi connectivity index (χ0v) is 16.5. The number of fused-ring (bicyclic) bond motifs is 3. The van der Waals surface area contributed by atoms with Crippen LogP contribution >= 0.6 is 0 Å². The zero-order chi connectivity index (χ0) is 21.5. The molecule has 1 atom stereocenters. The Morgan fingerprint density at radius 3 is 2.23 bits per heavy atom. The van der Waals surface area contributed by atoms with Gasteiger partial charge in [-0.2, -0.15) is 0 Å². The smallest absolute Gasteiger partial charge is 0.407 e. The lowest BCUT2D eigenvalue weighted by Gasteiger charge is -2.16. The minimum atomic E-state index is -1.13. The van der Waals surface area contributed by atoms with E-state index in [1.165, 1.54) is 0 Å². The van der Waals surface area contributed by atoms with Gasteiger partial charge in [0.05, 0.1) is 0 Å². The predicted molar refractivity (Wildman–Crippen MR) is 112 cm³/mol. The second kappa shape index (κ2) is 9.73. The van der Waals surface area contributed by atoms with E-state index < -0.39 is 24.0 Å². The minimum absolute atomic E-state index is 0.0766. The maximum absolute atomic E-state index is 12.1. The van der Waals surface area contributed by atoms with Crippen LogP contribution in [0, 0.1) is 0 Å². The van der Waals surface area contributed by atoms with E-state index in [-0.39, 0.29) is 25.5 Å². The number of amides is 2. The summed E-state index contributed by atoms with van der Waals surface area (Å²) in [6.07, 6.45) is 1.54. The Kier molecular flexibility index (Phi) is 6.85. The topological polar surface area (TPSA) is 105 Å². The van der Waals surface area contributed by atoms with Gasteiger partial charge in [-0.05, 0) is 35.1 Å². The van der Waals surface area contributed by atoms with Gasteiger partial charge in [-0.25, -0.2) is 9.59 Å². The van der Waals surface area contributed by atoms with Crippen molar-refractivity contribution in [2.24, 2.45) is 0 Å². The fourth-order valence-corrected chi connectivity index (χ4v) is 3.59. The SMILES string of the molecule is C=CCCC(NC(=O)CNC(=O)OCC1c2ccccc2-c2ccccc21)C(=O)O. The van der Waals surface area contributed by atoms with Crippen LogP contribution < -0.4 is 10.6 Å². The molecule has 0 aromatic heterocycles. The number of rotatable bonds is 9. The van der Waals surface area contributed by atoms with E-state index in [0.29, 0.717) is 6.42 Å². The molecule has 0 fully saturated rings. The van der Waals surface area contributed by atoms with Gasteiger partial charge in [0.1, 0.15) is 19.2 Å². The van der Waals surface area contributed by atoms with E-state index in [0.717, 1.165) is 22.3 Å². The maximum atomic E-state index is 12.1. The molecule has 156 valence electrons. The van der Waals surface area contributed by atoms with Crippen LogP contribution in [-0.2, 0) is 14.3 Å². The number of carboxylic acids is 1. The summed E-state index contributed by atoms with van der Waals surface area (Å²) in [6, 6.07) is 15.0. The number of ether oxygens (including phenoxy) is 1. The van der Waals surface area contributed by atoms with Crippen LogP contribution in [0.2, 0.25) is 0 Å². The summed E-state index contributed by atoms with van der Waals surface area (Å²) < 4.78 is 5.35. The van der Waals surface area contributed by atoms with Crippen LogP contribution in [0.3, 0.4) is 0 Å². The highest BCUT2D eigenvalue weighted by molar-refractivity contribution is 5.86. The summed E-state index contributed by atoms with van der Waals surface area (Å²) in [4.78, 5) is 35.2. The molecule has 7 nitrogen and oxygen atoms in total. The van der Waals surface area contributed by atoms with Crippen molar-refractivity contribution in [1.29, 1.82) is 0 Å². The van der Waals surface area contributed by atoms with E-state index in [1.54, 1.807) is 6.08 Å². The standard InChI is InChI=1S/C23H24N2O5/c1-2-3-12-20(22(27)28)25-21(26)13-24-23(29)30-14-19-17-10-6-4-8-15(17)16-9-5-7-11-18(16)19/h2,4-11,19-20H,1,3,12-14H2,(H,24,29)(H,25,26)(H,27,28). The molecule has 1 unspecified atom stereocenters. The fourth-order valence-electron chi connectivity index (χ4n) is 3.59. The maximum Gasteiger partial charge on any atom is 0.407 e. The summed E-state index contributed by atoms with van der Waals surface area (Å²) >= 11 is 0. The number of hydrogen-bond acceptors (Lipinski definition) is 4. The number of carbonyl (C=O) groups excluding carboxylic acids is 2. The average Bonchev–Trinajstić information content (AvgIpc) is 3.07. The summed E-state index contributed by atoms with van der Waals surface area (Å²) in [7, 11) is 0. The third-order valence-electron chi connectivity index (χ3n) is 5.03. The monoisotopic (exact) mass is 408 g/mol. The molecule has 1 aliphatic carbocycles. The molecule has 0 saturated heterocycles. The highest BCUT2D eigenvalue weighted by atomic mass is 16.5. The first-order valence-corrected chi connectivity index (χ1v) is 9.73. The Morgan fingerprint density at radius 1 is 1.07 bits per heavy atom. The number of allylic oxidation sites excluding steroid dienone is 1. The number of carbonyl (C=O) groups is 3. The lowest BCUT2D eigenvalue weighted by Crippen LogP contribution is -2.45. The molecule has 0 heterocycles. The van der Waals surface area contributed by atoms with Crippen LogP contribution in [0.4, 0.5) is 4.79 Å². The quantitative estimate of drug-likeness (QED) is 0.553. The van der Waals surface area contributed by atoms with E-state index in [4.69, 9.17) is 9.84 Å². The van der Waals surface area contributed by atoms with Crippen molar-refractivity contribution in [2.75, 3.05) is 13.2 Å². The summed E-state index contributed by atoms with van der Waals surface area (Å²) in [5.41, 5.74) is 4.44. The Bertz CT molecular complexity index is 911. The highest BCUT2D eigenvalue weighted by Crippen LogP contribution is 2.44. The van der Waals surface area contributed by atoms with Crippen LogP contribution in [-0.4, -0.2) is 42.3 Å². The van der Waals surface area contributed by atoms with Crippen LogP contribution in [0.25, 0.3) is 11.1 Å². The zero-order valence-electron chi connectivity index (χ0n) is 16.5. The van der Waals surface area contributed by atoms with E-state index in [2.05, 4.69) is 17.2 Å². The summed E-state index contributed by atoms with van der Waals surface area (Å²) in [5, 5.41) is 13.9. The van der Waals surface area contributed by atoms with Crippen molar-refractivity contribution in [2.45, 2.75) is 24.8 Å². The van der Waals surface area contributed by atoms with Gasteiger partial charge in [0.15, 0.2) is 0 Å². The minimum Gasteiger partial charge on any atom is -0.480 e. The molecule has 3 rings (SSSR count). The first-order chi connectivity index (χ1) is 14.5. The molecule has 2 aromatic rings. The van der Waals surface area contributed by atoms with E-state index in [1.807, 2.05) is 48.5 Å². The molecule has 0 radical (unpaired) electrons. The van der Waals surface area contributed by atoms with Crippen LogP contribution in [0.1, 0.15) is 29.9 Å². The normalized spacial score (nSPS) is 12.9. The molecule has 0 saturated carbocycles. The molecular formula is C23H24N2O5. The van der Waals surface area contributed by atoms with Crippen molar-refractivity contribution < 1.29 is 24.2 Å². The van der Waals surface area contributed by atoms with Crippen molar-refractivity contribution in [3.8, 4) is 11.1 Å².